The predicted molar refractivity (Wildman–Crippen MR) is 73.4 cm³/mol. The Kier molecular flexibility index (Phi) is 7.09. The molecule has 0 aromatic rings. The fourth-order valence-corrected chi connectivity index (χ4v) is 2.18. The van der Waals surface area contributed by atoms with Crippen LogP contribution in [0.3, 0.4) is 0 Å². The Hall–Kier alpha value is -0.120. The molecule has 1 aliphatic heterocycles. The molecule has 0 N–H and O–H groups in total. The van der Waals surface area contributed by atoms with Gasteiger partial charge in [-0.3, -0.25) is 4.90 Å². The molecule has 0 bridgehead atoms. The molecule has 0 spiro atoms. The molecular weight excluding hydrogens is 212 g/mol. The third kappa shape index (κ3) is 6.39. The molecule has 1 fully saturated rings. The van der Waals surface area contributed by atoms with Crippen molar-refractivity contribution in [2.24, 2.45) is 5.92 Å². The van der Waals surface area contributed by atoms with Crippen molar-refractivity contribution < 1.29 is 4.74 Å². The standard InChI is InChI=1S/C14H30N2O/c1-5-14(4)12-16-8-6-15(7-9-16)10-11-17-13(2)3/h13-14H,5-12H2,1-4H3. The normalized spacial score (nSPS) is 21.0. The van der Waals surface area contributed by atoms with Gasteiger partial charge in [0, 0.05) is 39.3 Å². The molecular formula is C14H30N2O. The predicted octanol–water partition coefficient (Wildman–Crippen LogP) is 2.08. The van der Waals surface area contributed by atoms with Gasteiger partial charge in [-0.15, -0.1) is 0 Å². The lowest BCUT2D eigenvalue weighted by Gasteiger charge is -2.35. The molecule has 0 amide bonds. The van der Waals surface area contributed by atoms with Gasteiger partial charge in [0.1, 0.15) is 0 Å². The quantitative estimate of drug-likeness (QED) is 0.680. The number of hydrogen-bond acceptors (Lipinski definition) is 3. The molecule has 17 heavy (non-hydrogen) atoms. The minimum atomic E-state index is 0.363. The zero-order valence-corrected chi connectivity index (χ0v) is 12.1. The van der Waals surface area contributed by atoms with Gasteiger partial charge in [0.15, 0.2) is 0 Å². The molecule has 0 radical (unpaired) electrons. The fraction of sp³-hybridized carbons (Fsp3) is 1.00. The van der Waals surface area contributed by atoms with Gasteiger partial charge in [0.2, 0.25) is 0 Å². The van der Waals surface area contributed by atoms with Gasteiger partial charge in [-0.25, -0.2) is 0 Å². The van der Waals surface area contributed by atoms with Crippen LogP contribution in [0.4, 0.5) is 0 Å². The minimum absolute atomic E-state index is 0.363. The van der Waals surface area contributed by atoms with Crippen molar-refractivity contribution >= 4 is 0 Å². The van der Waals surface area contributed by atoms with E-state index in [-0.39, 0.29) is 0 Å². The van der Waals surface area contributed by atoms with Crippen LogP contribution in [-0.2, 0) is 4.74 Å². The van der Waals surface area contributed by atoms with Gasteiger partial charge in [0.05, 0.1) is 12.7 Å². The molecule has 0 saturated carbocycles. The first-order valence-corrected chi connectivity index (χ1v) is 7.18. The van der Waals surface area contributed by atoms with Crippen molar-refractivity contribution in [3.8, 4) is 0 Å². The number of piperazine rings is 1. The molecule has 0 aromatic carbocycles. The Morgan fingerprint density at radius 1 is 1.00 bits per heavy atom. The van der Waals surface area contributed by atoms with E-state index < -0.39 is 0 Å². The largest absolute Gasteiger partial charge is 0.377 e. The van der Waals surface area contributed by atoms with E-state index in [0.717, 1.165) is 19.1 Å². The van der Waals surface area contributed by atoms with Crippen molar-refractivity contribution in [1.29, 1.82) is 0 Å². The Morgan fingerprint density at radius 2 is 1.59 bits per heavy atom. The lowest BCUT2D eigenvalue weighted by molar-refractivity contribution is 0.0429. The average molecular weight is 242 g/mol. The molecule has 1 unspecified atom stereocenters. The van der Waals surface area contributed by atoms with Gasteiger partial charge in [-0.1, -0.05) is 20.3 Å². The molecule has 1 saturated heterocycles. The zero-order chi connectivity index (χ0) is 12.7. The maximum absolute atomic E-state index is 5.60. The summed E-state index contributed by atoms with van der Waals surface area (Å²) in [6.07, 6.45) is 1.66. The van der Waals surface area contributed by atoms with Crippen LogP contribution in [-0.4, -0.2) is 61.8 Å². The van der Waals surface area contributed by atoms with E-state index in [1.54, 1.807) is 0 Å². The van der Waals surface area contributed by atoms with Crippen molar-refractivity contribution in [2.75, 3.05) is 45.9 Å². The number of nitrogens with zero attached hydrogens (tertiary/aromatic N) is 2. The highest BCUT2D eigenvalue weighted by molar-refractivity contribution is 4.73. The number of ether oxygens (including phenoxy) is 1. The highest BCUT2D eigenvalue weighted by Crippen LogP contribution is 2.08. The summed E-state index contributed by atoms with van der Waals surface area (Å²) in [5, 5.41) is 0. The van der Waals surface area contributed by atoms with Gasteiger partial charge in [-0.2, -0.15) is 0 Å². The Labute approximate surface area is 107 Å². The van der Waals surface area contributed by atoms with Crippen molar-refractivity contribution in [3.05, 3.63) is 0 Å². The Balaban J connectivity index is 2.09. The summed E-state index contributed by atoms with van der Waals surface area (Å²) in [6.45, 7) is 16.9. The second-order valence-electron chi connectivity index (χ2n) is 5.58. The molecule has 0 aliphatic carbocycles. The maximum Gasteiger partial charge on any atom is 0.0596 e. The molecule has 3 nitrogen and oxygen atoms in total. The van der Waals surface area contributed by atoms with E-state index in [1.807, 2.05) is 0 Å². The zero-order valence-electron chi connectivity index (χ0n) is 12.1. The lowest BCUT2D eigenvalue weighted by Crippen LogP contribution is -2.48. The van der Waals surface area contributed by atoms with Crippen LogP contribution in [0.1, 0.15) is 34.1 Å². The molecule has 1 heterocycles. The summed E-state index contributed by atoms with van der Waals surface area (Å²) in [4.78, 5) is 5.13. The van der Waals surface area contributed by atoms with Gasteiger partial charge >= 0.3 is 0 Å². The summed E-state index contributed by atoms with van der Waals surface area (Å²) in [7, 11) is 0. The van der Waals surface area contributed by atoms with E-state index in [4.69, 9.17) is 4.74 Å². The molecule has 0 aromatic heterocycles. The summed E-state index contributed by atoms with van der Waals surface area (Å²) in [6, 6.07) is 0. The smallest absolute Gasteiger partial charge is 0.0596 e. The highest BCUT2D eigenvalue weighted by atomic mass is 16.5. The lowest BCUT2D eigenvalue weighted by atomic mass is 10.1. The van der Waals surface area contributed by atoms with Crippen LogP contribution < -0.4 is 0 Å². The van der Waals surface area contributed by atoms with Crippen LogP contribution in [0.25, 0.3) is 0 Å². The molecule has 102 valence electrons. The third-order valence-corrected chi connectivity index (χ3v) is 3.59. The first kappa shape index (κ1) is 14.9. The first-order chi connectivity index (χ1) is 8.11. The number of hydrogen-bond donors (Lipinski definition) is 0. The second kappa shape index (κ2) is 8.06. The SMILES string of the molecule is CCC(C)CN1CCN(CCOC(C)C)CC1. The second-order valence-corrected chi connectivity index (χ2v) is 5.58. The van der Waals surface area contributed by atoms with Gasteiger partial charge < -0.3 is 9.64 Å². The highest BCUT2D eigenvalue weighted by Gasteiger charge is 2.17. The van der Waals surface area contributed by atoms with E-state index in [0.29, 0.717) is 6.10 Å². The van der Waals surface area contributed by atoms with Crippen LogP contribution in [0.5, 0.6) is 0 Å². The van der Waals surface area contributed by atoms with Crippen molar-refractivity contribution in [1.82, 2.24) is 9.80 Å². The van der Waals surface area contributed by atoms with Crippen molar-refractivity contribution in [2.45, 2.75) is 40.2 Å². The average Bonchev–Trinajstić information content (AvgIpc) is 2.31. The molecule has 1 aliphatic rings. The third-order valence-electron chi connectivity index (χ3n) is 3.59. The van der Waals surface area contributed by atoms with Crippen LogP contribution in [0.2, 0.25) is 0 Å². The molecule has 1 rings (SSSR count). The van der Waals surface area contributed by atoms with Crippen LogP contribution >= 0.6 is 0 Å². The fourth-order valence-electron chi connectivity index (χ4n) is 2.18. The van der Waals surface area contributed by atoms with E-state index in [1.165, 1.54) is 39.1 Å². The molecule has 3 heteroatoms. The first-order valence-electron chi connectivity index (χ1n) is 7.18. The summed E-state index contributed by atoms with van der Waals surface area (Å²) >= 11 is 0. The summed E-state index contributed by atoms with van der Waals surface area (Å²) in [5.74, 6) is 0.839. The van der Waals surface area contributed by atoms with Gasteiger partial charge in [0.25, 0.3) is 0 Å². The molecule has 1 atom stereocenters. The van der Waals surface area contributed by atoms with Crippen molar-refractivity contribution in [3.63, 3.8) is 0 Å². The monoisotopic (exact) mass is 242 g/mol. The van der Waals surface area contributed by atoms with E-state index in [2.05, 4.69) is 37.5 Å². The Morgan fingerprint density at radius 3 is 2.12 bits per heavy atom. The number of rotatable bonds is 7. The summed E-state index contributed by atoms with van der Waals surface area (Å²) in [5.41, 5.74) is 0. The minimum Gasteiger partial charge on any atom is -0.377 e. The van der Waals surface area contributed by atoms with E-state index in [9.17, 15) is 0 Å². The van der Waals surface area contributed by atoms with Crippen LogP contribution in [0.15, 0.2) is 0 Å². The summed E-state index contributed by atoms with van der Waals surface area (Å²) < 4.78 is 5.60. The Bertz CT molecular complexity index is 189. The topological polar surface area (TPSA) is 15.7 Å². The maximum atomic E-state index is 5.60. The van der Waals surface area contributed by atoms with Gasteiger partial charge in [-0.05, 0) is 19.8 Å². The van der Waals surface area contributed by atoms with Crippen LogP contribution in [0, 0.1) is 5.92 Å². The van der Waals surface area contributed by atoms with E-state index >= 15 is 0 Å².